The number of carbonyl (C=O) groups excluding carboxylic acids is 1. The predicted octanol–water partition coefficient (Wildman–Crippen LogP) is 0.564. The molecule has 0 aliphatic carbocycles. The van der Waals surface area contributed by atoms with Crippen LogP contribution in [-0.4, -0.2) is 46.5 Å². The molecule has 0 unspecified atom stereocenters. The van der Waals surface area contributed by atoms with Gasteiger partial charge in [0, 0.05) is 25.7 Å². The molecule has 0 spiro atoms. The first-order chi connectivity index (χ1) is 7.66. The Hall–Kier alpha value is -1.20. The van der Waals surface area contributed by atoms with Crippen molar-refractivity contribution in [2.24, 2.45) is 0 Å². The van der Waals surface area contributed by atoms with Gasteiger partial charge in [-0.1, -0.05) is 11.6 Å². The van der Waals surface area contributed by atoms with Gasteiger partial charge in [0.2, 0.25) is 0 Å². The van der Waals surface area contributed by atoms with E-state index < -0.39 is 0 Å². The number of nitrogens with zero attached hydrogens (tertiary/aromatic N) is 3. The SMILES string of the molecule is C[C@@H]1CN(C(=O)c2cnc(Cl)cn2)CCN1. The van der Waals surface area contributed by atoms with Gasteiger partial charge in [0.05, 0.1) is 12.4 Å². The molecule has 1 atom stereocenters. The lowest BCUT2D eigenvalue weighted by atomic mass is 10.2. The highest BCUT2D eigenvalue weighted by Gasteiger charge is 2.22. The Labute approximate surface area is 98.8 Å². The molecule has 6 heteroatoms. The first-order valence-electron chi connectivity index (χ1n) is 5.17. The fraction of sp³-hybridized carbons (Fsp3) is 0.500. The highest BCUT2D eigenvalue weighted by molar-refractivity contribution is 6.29. The fourth-order valence-corrected chi connectivity index (χ4v) is 1.80. The van der Waals surface area contributed by atoms with Gasteiger partial charge in [-0.2, -0.15) is 0 Å². The van der Waals surface area contributed by atoms with E-state index in [0.717, 1.165) is 6.54 Å². The fourth-order valence-electron chi connectivity index (χ4n) is 1.70. The third-order valence-corrected chi connectivity index (χ3v) is 2.69. The molecule has 1 aliphatic rings. The number of hydrogen-bond donors (Lipinski definition) is 1. The van der Waals surface area contributed by atoms with E-state index in [1.807, 2.05) is 6.92 Å². The minimum absolute atomic E-state index is 0.0856. The lowest BCUT2D eigenvalue weighted by molar-refractivity contribution is 0.0702. The molecule has 16 heavy (non-hydrogen) atoms. The Balaban J connectivity index is 2.09. The van der Waals surface area contributed by atoms with Gasteiger partial charge < -0.3 is 10.2 Å². The number of hydrogen-bond acceptors (Lipinski definition) is 4. The number of nitrogens with one attached hydrogen (secondary N) is 1. The van der Waals surface area contributed by atoms with E-state index in [2.05, 4.69) is 15.3 Å². The van der Waals surface area contributed by atoms with Crippen LogP contribution in [-0.2, 0) is 0 Å². The lowest BCUT2D eigenvalue weighted by Crippen LogP contribution is -2.51. The third-order valence-electron chi connectivity index (χ3n) is 2.50. The van der Waals surface area contributed by atoms with Crippen molar-refractivity contribution in [1.29, 1.82) is 0 Å². The van der Waals surface area contributed by atoms with Crippen LogP contribution >= 0.6 is 11.6 Å². The maximum Gasteiger partial charge on any atom is 0.274 e. The summed E-state index contributed by atoms with van der Waals surface area (Å²) in [5, 5.41) is 3.57. The maximum absolute atomic E-state index is 12.0. The molecule has 1 N–H and O–H groups in total. The normalized spacial score (nSPS) is 20.9. The van der Waals surface area contributed by atoms with Crippen molar-refractivity contribution in [2.45, 2.75) is 13.0 Å². The molecule has 86 valence electrons. The second kappa shape index (κ2) is 4.76. The smallest absolute Gasteiger partial charge is 0.274 e. The van der Waals surface area contributed by atoms with Crippen LogP contribution in [0.3, 0.4) is 0 Å². The summed E-state index contributed by atoms with van der Waals surface area (Å²) in [6.07, 6.45) is 2.80. The standard InChI is InChI=1S/C10H13ClN4O/c1-7-6-15(3-2-12-7)10(16)8-4-14-9(11)5-13-8/h4-5,7,12H,2-3,6H2,1H3/t7-/m1/s1. The largest absolute Gasteiger partial charge is 0.334 e. The number of aromatic nitrogens is 2. The van der Waals surface area contributed by atoms with Crippen LogP contribution in [0.25, 0.3) is 0 Å². The van der Waals surface area contributed by atoms with E-state index in [0.29, 0.717) is 30.0 Å². The van der Waals surface area contributed by atoms with Gasteiger partial charge in [-0.25, -0.2) is 9.97 Å². The van der Waals surface area contributed by atoms with Crippen molar-refractivity contribution in [3.8, 4) is 0 Å². The number of rotatable bonds is 1. The van der Waals surface area contributed by atoms with Gasteiger partial charge in [-0.05, 0) is 6.92 Å². The van der Waals surface area contributed by atoms with Gasteiger partial charge in [0.15, 0.2) is 0 Å². The van der Waals surface area contributed by atoms with Gasteiger partial charge in [0.25, 0.3) is 5.91 Å². The van der Waals surface area contributed by atoms with Gasteiger partial charge in [-0.3, -0.25) is 4.79 Å². The van der Waals surface area contributed by atoms with Crippen molar-refractivity contribution in [2.75, 3.05) is 19.6 Å². The van der Waals surface area contributed by atoms with Crippen LogP contribution in [0.4, 0.5) is 0 Å². The van der Waals surface area contributed by atoms with Crippen molar-refractivity contribution in [3.63, 3.8) is 0 Å². The van der Waals surface area contributed by atoms with Crippen LogP contribution in [0.2, 0.25) is 5.15 Å². The number of halogens is 1. The average molecular weight is 241 g/mol. The van der Waals surface area contributed by atoms with Gasteiger partial charge in [0.1, 0.15) is 10.8 Å². The Kier molecular flexibility index (Phi) is 3.36. The topological polar surface area (TPSA) is 58.1 Å². The molecular weight excluding hydrogens is 228 g/mol. The zero-order chi connectivity index (χ0) is 11.5. The quantitative estimate of drug-likeness (QED) is 0.780. The summed E-state index contributed by atoms with van der Waals surface area (Å²) >= 11 is 5.62. The van der Waals surface area contributed by atoms with E-state index in [1.165, 1.54) is 12.4 Å². The summed E-state index contributed by atoms with van der Waals surface area (Å²) in [5.74, 6) is -0.0856. The molecule has 0 bridgehead atoms. The van der Waals surface area contributed by atoms with Crippen LogP contribution in [0.1, 0.15) is 17.4 Å². The highest BCUT2D eigenvalue weighted by Crippen LogP contribution is 2.07. The summed E-state index contributed by atoms with van der Waals surface area (Å²) in [6, 6.07) is 0.318. The first-order valence-corrected chi connectivity index (χ1v) is 5.55. The molecule has 1 aliphatic heterocycles. The van der Waals surface area contributed by atoms with Crippen molar-refractivity contribution in [1.82, 2.24) is 20.2 Å². The average Bonchev–Trinajstić information content (AvgIpc) is 2.29. The van der Waals surface area contributed by atoms with Gasteiger partial charge >= 0.3 is 0 Å². The van der Waals surface area contributed by atoms with Crippen LogP contribution in [0, 0.1) is 0 Å². The third kappa shape index (κ3) is 2.48. The molecule has 5 nitrogen and oxygen atoms in total. The van der Waals surface area contributed by atoms with Crippen LogP contribution in [0.5, 0.6) is 0 Å². The molecule has 0 radical (unpaired) electrons. The first kappa shape index (κ1) is 11.3. The molecule has 1 amide bonds. The minimum atomic E-state index is -0.0856. The maximum atomic E-state index is 12.0. The predicted molar refractivity (Wildman–Crippen MR) is 60.4 cm³/mol. The molecule has 1 aromatic rings. The van der Waals surface area contributed by atoms with Gasteiger partial charge in [-0.15, -0.1) is 0 Å². The van der Waals surface area contributed by atoms with E-state index in [-0.39, 0.29) is 5.91 Å². The van der Waals surface area contributed by atoms with Crippen LogP contribution < -0.4 is 5.32 Å². The number of amides is 1. The Morgan fingerprint density at radius 2 is 2.38 bits per heavy atom. The zero-order valence-electron chi connectivity index (χ0n) is 8.98. The van der Waals surface area contributed by atoms with Crippen molar-refractivity contribution < 1.29 is 4.79 Å². The number of piperazine rings is 1. The number of carbonyl (C=O) groups is 1. The van der Waals surface area contributed by atoms with E-state index in [9.17, 15) is 4.79 Å². The summed E-state index contributed by atoms with van der Waals surface area (Å²) in [5.41, 5.74) is 0.346. The molecule has 2 heterocycles. The van der Waals surface area contributed by atoms with E-state index in [1.54, 1.807) is 4.90 Å². The summed E-state index contributed by atoms with van der Waals surface area (Å²) in [7, 11) is 0. The van der Waals surface area contributed by atoms with E-state index >= 15 is 0 Å². The summed E-state index contributed by atoms with van der Waals surface area (Å²) in [6.45, 7) is 4.26. The molecule has 1 aromatic heterocycles. The summed E-state index contributed by atoms with van der Waals surface area (Å²) < 4.78 is 0. The van der Waals surface area contributed by atoms with Crippen molar-refractivity contribution in [3.05, 3.63) is 23.2 Å². The summed E-state index contributed by atoms with van der Waals surface area (Å²) in [4.78, 5) is 21.6. The molecule has 1 saturated heterocycles. The molecule has 1 fully saturated rings. The zero-order valence-corrected chi connectivity index (χ0v) is 9.74. The molecule has 0 aromatic carbocycles. The highest BCUT2D eigenvalue weighted by atomic mass is 35.5. The Bertz CT molecular complexity index is 381. The van der Waals surface area contributed by atoms with Crippen molar-refractivity contribution >= 4 is 17.5 Å². The Morgan fingerprint density at radius 3 is 3.00 bits per heavy atom. The second-order valence-corrected chi connectivity index (χ2v) is 4.22. The Morgan fingerprint density at radius 1 is 1.56 bits per heavy atom. The lowest BCUT2D eigenvalue weighted by Gasteiger charge is -2.31. The molecular formula is C10H13ClN4O. The minimum Gasteiger partial charge on any atom is -0.334 e. The molecule has 0 saturated carbocycles. The second-order valence-electron chi connectivity index (χ2n) is 3.83. The molecule has 2 rings (SSSR count). The van der Waals surface area contributed by atoms with Crippen LogP contribution in [0.15, 0.2) is 12.4 Å². The monoisotopic (exact) mass is 240 g/mol. The van der Waals surface area contributed by atoms with E-state index in [4.69, 9.17) is 11.6 Å².